The van der Waals surface area contributed by atoms with Crippen molar-refractivity contribution in [2.24, 2.45) is 5.92 Å². The minimum absolute atomic E-state index is 0.189. The van der Waals surface area contributed by atoms with Crippen LogP contribution in [0, 0.1) is 5.92 Å². The number of urea groups is 1. The number of piperidine rings is 1. The molecule has 3 N–H and O–H groups in total. The van der Waals surface area contributed by atoms with E-state index in [1.54, 1.807) is 37.1 Å². The summed E-state index contributed by atoms with van der Waals surface area (Å²) in [5.74, 6) is -0.514. The second kappa shape index (κ2) is 14.3. The van der Waals surface area contributed by atoms with Gasteiger partial charge in [-0.15, -0.1) is 0 Å². The first kappa shape index (κ1) is 37.9. The molecule has 2 unspecified atom stereocenters. The Morgan fingerprint density at radius 3 is 2.43 bits per heavy atom. The maximum atomic E-state index is 13.3. The molecule has 3 aromatic heterocycles. The summed E-state index contributed by atoms with van der Waals surface area (Å²) < 4.78 is 41.8. The van der Waals surface area contributed by atoms with E-state index in [1.165, 1.54) is 12.5 Å². The smallest absolute Gasteiger partial charge is 0.386 e. The van der Waals surface area contributed by atoms with E-state index in [9.17, 15) is 32.7 Å². The molecule has 2 bridgehead atoms. The molecular weight excluding hydrogens is 752 g/mol. The predicted molar refractivity (Wildman–Crippen MR) is 212 cm³/mol. The van der Waals surface area contributed by atoms with Gasteiger partial charge in [-0.1, -0.05) is 18.2 Å². The molecule has 1 saturated carbocycles. The summed E-state index contributed by atoms with van der Waals surface area (Å²) in [7, 11) is 0. The number of piperazine rings is 1. The third kappa shape index (κ3) is 7.12. The SMILES string of the molecule is CC(C)(O)c1cc2nn(C3CCC(CN4C5CC4CN(c4cccc6c(N7CCC(=O)NC7=O)cncc46)C5)CC3)cc2cc1NC(=O)c1cccc(C(F)(F)F)n1. The average Bonchev–Trinajstić information content (AvgIpc) is 3.62. The van der Waals surface area contributed by atoms with Crippen LogP contribution in [0.4, 0.5) is 35.0 Å². The minimum atomic E-state index is -4.69. The Morgan fingerprint density at radius 2 is 1.71 bits per heavy atom. The van der Waals surface area contributed by atoms with Crippen molar-refractivity contribution in [2.45, 2.75) is 82.3 Å². The maximum absolute atomic E-state index is 13.3. The Kier molecular flexibility index (Phi) is 9.38. The third-order valence-corrected chi connectivity index (χ3v) is 12.3. The Bertz CT molecular complexity index is 2430. The largest absolute Gasteiger partial charge is 0.433 e. The number of amides is 4. The van der Waals surface area contributed by atoms with Gasteiger partial charge >= 0.3 is 12.2 Å². The highest BCUT2D eigenvalue weighted by Gasteiger charge is 2.46. The van der Waals surface area contributed by atoms with Gasteiger partial charge in [-0.2, -0.15) is 18.3 Å². The number of aliphatic hydroxyl groups is 1. The lowest BCUT2D eigenvalue weighted by atomic mass is 9.81. The van der Waals surface area contributed by atoms with E-state index < -0.39 is 29.4 Å². The lowest BCUT2D eigenvalue weighted by molar-refractivity contribution is -0.141. The number of rotatable bonds is 8. The van der Waals surface area contributed by atoms with Crippen molar-refractivity contribution in [1.82, 2.24) is 30.0 Å². The van der Waals surface area contributed by atoms with Crippen molar-refractivity contribution >= 4 is 56.6 Å². The van der Waals surface area contributed by atoms with Gasteiger partial charge in [0, 0.05) is 90.2 Å². The minimum Gasteiger partial charge on any atom is -0.386 e. The van der Waals surface area contributed by atoms with Crippen LogP contribution in [0.15, 0.2) is 67.1 Å². The molecule has 2 aromatic carbocycles. The fourth-order valence-corrected chi connectivity index (χ4v) is 9.31. The standard InChI is InChI=1S/C42H44F3N9O4/c1-41(2,58)31-17-33-25(15-34(31)48-39(56)32-6-4-8-37(47-32)42(43,44)45)21-54(50-33)26-11-9-24(10-12-26)20-53-27-16-28(53)23-51(22-27)35-7-3-5-29-30(35)18-46-19-36(29)52-14-13-38(55)49-40(52)57/h3-8,15,17-19,21,24,26-28,58H,9-14,16,20,22-23H2,1-2H3,(H,48,56)(H,49,55,57). The monoisotopic (exact) mass is 795 g/mol. The van der Waals surface area contributed by atoms with Crippen LogP contribution in [-0.2, 0) is 16.6 Å². The van der Waals surface area contributed by atoms with Gasteiger partial charge in [-0.3, -0.25) is 34.4 Å². The number of carbonyl (C=O) groups excluding carboxylic acids is 3. The van der Waals surface area contributed by atoms with Crippen LogP contribution >= 0.6 is 0 Å². The van der Waals surface area contributed by atoms with Crippen molar-refractivity contribution in [3.8, 4) is 0 Å². The van der Waals surface area contributed by atoms with E-state index in [4.69, 9.17) is 5.10 Å². The quantitative estimate of drug-likeness (QED) is 0.158. The van der Waals surface area contributed by atoms with Gasteiger partial charge in [0.05, 0.1) is 29.0 Å². The summed E-state index contributed by atoms with van der Waals surface area (Å²) in [4.78, 5) is 52.3. The van der Waals surface area contributed by atoms with Crippen molar-refractivity contribution in [2.75, 3.05) is 41.3 Å². The molecule has 5 aliphatic rings. The Labute approximate surface area is 332 Å². The van der Waals surface area contributed by atoms with Gasteiger partial charge in [0.1, 0.15) is 11.4 Å². The molecule has 7 heterocycles. The topological polar surface area (TPSA) is 149 Å². The maximum Gasteiger partial charge on any atom is 0.433 e. The molecule has 10 rings (SSSR count). The molecule has 0 radical (unpaired) electrons. The first-order valence-electron chi connectivity index (χ1n) is 19.8. The van der Waals surface area contributed by atoms with Crippen molar-refractivity contribution in [3.05, 3.63) is 84.1 Å². The molecule has 2 atom stereocenters. The summed E-state index contributed by atoms with van der Waals surface area (Å²) in [5.41, 5.74) is 0.209. The Balaban J connectivity index is 0.839. The molecule has 1 aliphatic carbocycles. The normalized spacial score (nSPS) is 22.9. The molecule has 5 fully saturated rings. The second-order valence-electron chi connectivity index (χ2n) is 16.6. The average molecular weight is 796 g/mol. The predicted octanol–water partition coefficient (Wildman–Crippen LogP) is 6.62. The first-order valence-corrected chi connectivity index (χ1v) is 19.8. The van der Waals surface area contributed by atoms with E-state index in [-0.39, 0.29) is 29.8 Å². The van der Waals surface area contributed by atoms with Gasteiger partial charge in [0.2, 0.25) is 5.91 Å². The van der Waals surface area contributed by atoms with Crippen molar-refractivity contribution in [3.63, 3.8) is 0 Å². The van der Waals surface area contributed by atoms with Crippen molar-refractivity contribution < 1.29 is 32.7 Å². The number of carbonyl (C=O) groups is 3. The molecule has 4 aliphatic heterocycles. The molecule has 4 amide bonds. The Morgan fingerprint density at radius 1 is 0.948 bits per heavy atom. The highest BCUT2D eigenvalue weighted by molar-refractivity contribution is 6.11. The van der Waals surface area contributed by atoms with Gasteiger partial charge in [-0.05, 0) is 82.2 Å². The van der Waals surface area contributed by atoms with Crippen LogP contribution in [0.1, 0.15) is 80.2 Å². The molecule has 5 aromatic rings. The van der Waals surface area contributed by atoms with Crippen LogP contribution in [-0.4, -0.2) is 85.9 Å². The Hall–Kier alpha value is -5.61. The number of nitrogens with zero attached hydrogens (tertiary/aromatic N) is 7. The van der Waals surface area contributed by atoms with E-state index in [0.29, 0.717) is 41.3 Å². The number of pyridine rings is 2. The van der Waals surface area contributed by atoms with Gasteiger partial charge in [0.25, 0.3) is 5.91 Å². The summed E-state index contributed by atoms with van der Waals surface area (Å²) in [6.07, 6.45) is 6.29. The van der Waals surface area contributed by atoms with E-state index >= 15 is 0 Å². The number of nitrogens with one attached hydrogen (secondary N) is 2. The van der Waals surface area contributed by atoms with Crippen molar-refractivity contribution in [1.29, 1.82) is 0 Å². The zero-order valence-corrected chi connectivity index (χ0v) is 32.2. The fraction of sp³-hybridized carbons (Fsp3) is 0.429. The third-order valence-electron chi connectivity index (χ3n) is 12.3. The lowest BCUT2D eigenvalue weighted by Crippen LogP contribution is -2.69. The molecule has 4 saturated heterocycles. The number of alkyl halides is 3. The molecular formula is C42H44F3N9O4. The van der Waals surface area contributed by atoms with E-state index in [2.05, 4.69) is 36.5 Å². The number of imide groups is 1. The van der Waals surface area contributed by atoms with Crippen LogP contribution in [0.25, 0.3) is 21.7 Å². The van der Waals surface area contributed by atoms with E-state index in [1.807, 2.05) is 29.2 Å². The zero-order valence-electron chi connectivity index (χ0n) is 32.2. The summed E-state index contributed by atoms with van der Waals surface area (Å²) in [6, 6.07) is 13.5. The molecule has 58 heavy (non-hydrogen) atoms. The highest BCUT2D eigenvalue weighted by atomic mass is 19.4. The number of hydrogen-bond donors (Lipinski definition) is 3. The summed E-state index contributed by atoms with van der Waals surface area (Å²) in [5, 5.41) is 23.7. The van der Waals surface area contributed by atoms with Gasteiger partial charge in [-0.25, -0.2) is 9.78 Å². The van der Waals surface area contributed by atoms with Crippen LogP contribution in [0.2, 0.25) is 0 Å². The molecule has 13 nitrogen and oxygen atoms in total. The van der Waals surface area contributed by atoms with Crippen LogP contribution in [0.5, 0.6) is 0 Å². The number of fused-ring (bicyclic) bond motifs is 4. The number of aromatic nitrogens is 4. The van der Waals surface area contributed by atoms with Gasteiger partial charge < -0.3 is 15.3 Å². The van der Waals surface area contributed by atoms with E-state index in [0.717, 1.165) is 79.3 Å². The molecule has 16 heteroatoms. The fourth-order valence-electron chi connectivity index (χ4n) is 9.31. The highest BCUT2D eigenvalue weighted by Crippen LogP contribution is 2.42. The number of hydrogen-bond acceptors (Lipinski definition) is 9. The van der Waals surface area contributed by atoms with Gasteiger partial charge in [0.15, 0.2) is 0 Å². The van der Waals surface area contributed by atoms with Crippen LogP contribution < -0.4 is 20.4 Å². The molecule has 0 spiro atoms. The summed E-state index contributed by atoms with van der Waals surface area (Å²) >= 11 is 0. The number of anilines is 3. The van der Waals surface area contributed by atoms with Crippen LogP contribution in [0.3, 0.4) is 0 Å². The molecule has 302 valence electrons. The lowest BCUT2D eigenvalue weighted by Gasteiger charge is -2.58. The zero-order chi connectivity index (χ0) is 40.5. The second-order valence-corrected chi connectivity index (χ2v) is 16.6. The number of halogens is 3. The summed E-state index contributed by atoms with van der Waals surface area (Å²) in [6.45, 7) is 6.36. The first-order chi connectivity index (χ1) is 27.7. The number of benzene rings is 2.